The third kappa shape index (κ3) is 3.34. The van der Waals surface area contributed by atoms with Gasteiger partial charge in [0.2, 0.25) is 5.89 Å². The Kier molecular flexibility index (Phi) is 4.70. The maximum Gasteiger partial charge on any atom is 0.287 e. The van der Waals surface area contributed by atoms with Crippen molar-refractivity contribution < 1.29 is 9.26 Å². The van der Waals surface area contributed by atoms with E-state index in [0.717, 1.165) is 0 Å². The van der Waals surface area contributed by atoms with E-state index in [1.54, 1.807) is 14.0 Å². The summed E-state index contributed by atoms with van der Waals surface area (Å²) in [5.41, 5.74) is 0.0385. The molecule has 0 atom stereocenters. The summed E-state index contributed by atoms with van der Waals surface area (Å²) in [4.78, 5) is 16.0. The lowest BCUT2D eigenvalue weighted by Gasteiger charge is -2.08. The van der Waals surface area contributed by atoms with Crippen LogP contribution in [0.4, 0.5) is 5.69 Å². The van der Waals surface area contributed by atoms with Crippen LogP contribution in [0.15, 0.2) is 15.5 Å². The molecule has 0 aromatic carbocycles. The fraction of sp³-hybridized carbons (Fsp3) is 0.455. The molecule has 2 aromatic heterocycles. The van der Waals surface area contributed by atoms with E-state index in [0.29, 0.717) is 30.6 Å². The summed E-state index contributed by atoms with van der Waals surface area (Å²) in [6.45, 7) is 2.72. The third-order valence-corrected chi connectivity index (χ3v) is 2.86. The van der Waals surface area contributed by atoms with E-state index >= 15 is 0 Å². The van der Waals surface area contributed by atoms with Gasteiger partial charge in [0.15, 0.2) is 5.82 Å². The first-order valence-corrected chi connectivity index (χ1v) is 6.27. The Morgan fingerprint density at radius 2 is 2.35 bits per heavy atom. The number of aryl methyl sites for hydroxylation is 1. The van der Waals surface area contributed by atoms with Gasteiger partial charge in [-0.15, -0.1) is 0 Å². The second-order valence-corrected chi connectivity index (χ2v) is 4.36. The molecule has 0 aliphatic carbocycles. The SMILES string of the molecule is COCCn1ncc(NCc2nc(C)no2)c(Cl)c1=O. The summed E-state index contributed by atoms with van der Waals surface area (Å²) < 4.78 is 11.1. The van der Waals surface area contributed by atoms with Crippen LogP contribution >= 0.6 is 11.6 Å². The van der Waals surface area contributed by atoms with Gasteiger partial charge in [0, 0.05) is 7.11 Å². The van der Waals surface area contributed by atoms with Crippen LogP contribution in [0.3, 0.4) is 0 Å². The highest BCUT2D eigenvalue weighted by Gasteiger charge is 2.10. The zero-order valence-corrected chi connectivity index (χ0v) is 11.8. The maximum atomic E-state index is 11.9. The summed E-state index contributed by atoms with van der Waals surface area (Å²) in [6, 6.07) is 0. The summed E-state index contributed by atoms with van der Waals surface area (Å²) >= 11 is 6.01. The quantitative estimate of drug-likeness (QED) is 0.844. The second kappa shape index (κ2) is 6.49. The van der Waals surface area contributed by atoms with E-state index in [2.05, 4.69) is 20.6 Å². The first kappa shape index (κ1) is 14.5. The molecule has 1 N–H and O–H groups in total. The Labute approximate surface area is 119 Å². The molecule has 0 fully saturated rings. The number of hydrogen-bond donors (Lipinski definition) is 1. The highest BCUT2D eigenvalue weighted by atomic mass is 35.5. The van der Waals surface area contributed by atoms with Crippen molar-refractivity contribution in [3.8, 4) is 0 Å². The molecule has 9 heteroatoms. The molecule has 0 saturated carbocycles. The lowest BCUT2D eigenvalue weighted by Crippen LogP contribution is -2.26. The van der Waals surface area contributed by atoms with Crippen molar-refractivity contribution in [2.75, 3.05) is 19.0 Å². The number of aromatic nitrogens is 4. The van der Waals surface area contributed by atoms with Gasteiger partial charge in [-0.1, -0.05) is 16.8 Å². The summed E-state index contributed by atoms with van der Waals surface area (Å²) in [7, 11) is 1.55. The van der Waals surface area contributed by atoms with Crippen molar-refractivity contribution in [1.29, 1.82) is 0 Å². The van der Waals surface area contributed by atoms with E-state index in [4.69, 9.17) is 20.9 Å². The largest absolute Gasteiger partial charge is 0.383 e. The van der Waals surface area contributed by atoms with Gasteiger partial charge in [0.25, 0.3) is 5.56 Å². The highest BCUT2D eigenvalue weighted by molar-refractivity contribution is 6.32. The normalized spacial score (nSPS) is 10.8. The number of nitrogens with one attached hydrogen (secondary N) is 1. The highest BCUT2D eigenvalue weighted by Crippen LogP contribution is 2.16. The number of rotatable bonds is 6. The molecule has 2 heterocycles. The average Bonchev–Trinajstić information content (AvgIpc) is 2.85. The maximum absolute atomic E-state index is 11.9. The smallest absolute Gasteiger partial charge is 0.287 e. The van der Waals surface area contributed by atoms with Crippen molar-refractivity contribution >= 4 is 17.3 Å². The van der Waals surface area contributed by atoms with Crippen molar-refractivity contribution in [3.05, 3.63) is 33.3 Å². The second-order valence-electron chi connectivity index (χ2n) is 3.98. The van der Waals surface area contributed by atoms with Gasteiger partial charge in [0.05, 0.1) is 31.6 Å². The molecule has 0 spiro atoms. The number of ether oxygens (including phenoxy) is 1. The predicted octanol–water partition coefficient (Wildman–Crippen LogP) is 0.847. The Balaban J connectivity index is 2.09. The molecular formula is C11H14ClN5O3. The topological polar surface area (TPSA) is 95.1 Å². The Hall–Kier alpha value is -1.93. The van der Waals surface area contributed by atoms with Gasteiger partial charge in [-0.25, -0.2) is 4.68 Å². The fourth-order valence-electron chi connectivity index (χ4n) is 1.51. The van der Waals surface area contributed by atoms with Crippen LogP contribution in [0, 0.1) is 6.92 Å². The lowest BCUT2D eigenvalue weighted by atomic mass is 10.4. The molecule has 0 bridgehead atoms. The Morgan fingerprint density at radius 3 is 3.00 bits per heavy atom. The number of methoxy groups -OCH3 is 1. The Bertz CT molecular complexity index is 639. The minimum absolute atomic E-state index is 0.0624. The third-order valence-electron chi connectivity index (χ3n) is 2.49. The molecule has 0 saturated heterocycles. The molecule has 2 rings (SSSR count). The summed E-state index contributed by atoms with van der Waals surface area (Å²) in [6.07, 6.45) is 1.47. The van der Waals surface area contributed by atoms with Crippen LogP contribution in [0.2, 0.25) is 5.02 Å². The summed E-state index contributed by atoms with van der Waals surface area (Å²) in [5, 5.41) is 10.7. The number of anilines is 1. The van der Waals surface area contributed by atoms with E-state index in [1.807, 2.05) is 0 Å². The standard InChI is InChI=1S/C11H14ClN5O3/c1-7-15-9(20-16-7)6-13-8-5-14-17(3-4-19-2)11(18)10(8)12/h5,13H,3-4,6H2,1-2H3. The van der Waals surface area contributed by atoms with Gasteiger partial charge >= 0.3 is 0 Å². The predicted molar refractivity (Wildman–Crippen MR) is 71.7 cm³/mol. The van der Waals surface area contributed by atoms with Gasteiger partial charge in [-0.2, -0.15) is 10.1 Å². The van der Waals surface area contributed by atoms with Gasteiger partial charge < -0.3 is 14.6 Å². The van der Waals surface area contributed by atoms with E-state index in [9.17, 15) is 4.79 Å². The van der Waals surface area contributed by atoms with Crippen molar-refractivity contribution in [3.63, 3.8) is 0 Å². The van der Waals surface area contributed by atoms with Crippen molar-refractivity contribution in [1.82, 2.24) is 19.9 Å². The molecule has 8 nitrogen and oxygen atoms in total. The van der Waals surface area contributed by atoms with Gasteiger partial charge in [0.1, 0.15) is 5.02 Å². The minimum Gasteiger partial charge on any atom is -0.383 e. The molecule has 0 radical (unpaired) electrons. The van der Waals surface area contributed by atoms with Crippen LogP contribution in [0.1, 0.15) is 11.7 Å². The van der Waals surface area contributed by atoms with Crippen LogP contribution in [-0.4, -0.2) is 33.6 Å². The monoisotopic (exact) mass is 299 g/mol. The van der Waals surface area contributed by atoms with Crippen LogP contribution in [0.5, 0.6) is 0 Å². The van der Waals surface area contributed by atoms with Crippen molar-refractivity contribution in [2.45, 2.75) is 20.0 Å². The van der Waals surface area contributed by atoms with Crippen molar-refractivity contribution in [2.24, 2.45) is 0 Å². The molecule has 0 aliphatic heterocycles. The van der Waals surface area contributed by atoms with Crippen LogP contribution in [-0.2, 0) is 17.8 Å². The van der Waals surface area contributed by atoms with Crippen LogP contribution in [0.25, 0.3) is 0 Å². The molecular weight excluding hydrogens is 286 g/mol. The van der Waals surface area contributed by atoms with Gasteiger partial charge in [-0.05, 0) is 6.92 Å². The van der Waals surface area contributed by atoms with E-state index in [1.165, 1.54) is 10.9 Å². The average molecular weight is 300 g/mol. The first-order chi connectivity index (χ1) is 9.61. The lowest BCUT2D eigenvalue weighted by molar-refractivity contribution is 0.182. The van der Waals surface area contributed by atoms with E-state index < -0.39 is 0 Å². The van der Waals surface area contributed by atoms with Gasteiger partial charge in [-0.3, -0.25) is 4.79 Å². The zero-order chi connectivity index (χ0) is 14.5. The first-order valence-electron chi connectivity index (χ1n) is 5.89. The number of hydrogen-bond acceptors (Lipinski definition) is 7. The molecule has 0 unspecified atom stereocenters. The molecule has 108 valence electrons. The number of nitrogens with zero attached hydrogens (tertiary/aromatic N) is 4. The Morgan fingerprint density at radius 1 is 1.55 bits per heavy atom. The minimum atomic E-state index is -0.379. The fourth-order valence-corrected chi connectivity index (χ4v) is 1.72. The summed E-state index contributed by atoms with van der Waals surface area (Å²) in [5.74, 6) is 0.947. The molecule has 0 aliphatic rings. The zero-order valence-electron chi connectivity index (χ0n) is 11.1. The van der Waals surface area contributed by atoms with E-state index in [-0.39, 0.29) is 17.1 Å². The number of halogens is 1. The molecule has 20 heavy (non-hydrogen) atoms. The van der Waals surface area contributed by atoms with Crippen LogP contribution < -0.4 is 10.9 Å². The molecule has 0 amide bonds. The molecule has 2 aromatic rings.